The van der Waals surface area contributed by atoms with Gasteiger partial charge in [0.2, 0.25) is 0 Å². The molecule has 1 aromatic carbocycles. The number of carbonyl (C=O) groups is 1. The molecule has 0 amide bonds. The maximum Gasteiger partial charge on any atom is 0.335 e. The number of aromatic nitrogens is 2. The predicted molar refractivity (Wildman–Crippen MR) is 84.7 cm³/mol. The summed E-state index contributed by atoms with van der Waals surface area (Å²) >= 11 is 0. The molecule has 0 saturated heterocycles. The van der Waals surface area contributed by atoms with Crippen molar-refractivity contribution in [1.29, 1.82) is 0 Å². The first-order valence-electron chi connectivity index (χ1n) is 7.06. The number of nitrogens with zero attached hydrogens (tertiary/aromatic N) is 2. The van der Waals surface area contributed by atoms with Gasteiger partial charge in [0.05, 0.1) is 5.56 Å². The van der Waals surface area contributed by atoms with Crippen LogP contribution >= 0.6 is 0 Å². The van der Waals surface area contributed by atoms with Gasteiger partial charge < -0.3 is 9.67 Å². The zero-order chi connectivity index (χ0) is 17.2. The second-order valence-electron chi connectivity index (χ2n) is 5.53. The van der Waals surface area contributed by atoms with Crippen molar-refractivity contribution in [3.05, 3.63) is 47.4 Å². The van der Waals surface area contributed by atoms with E-state index in [1.165, 1.54) is 18.3 Å². The summed E-state index contributed by atoms with van der Waals surface area (Å²) in [6.45, 7) is 3.95. The third-order valence-corrected chi connectivity index (χ3v) is 4.62. The molecule has 0 unspecified atom stereocenters. The molecule has 1 heterocycles. The second-order valence-corrected chi connectivity index (χ2v) is 7.24. The number of nitrogens with one attached hydrogen (secondary N) is 1. The van der Waals surface area contributed by atoms with Crippen LogP contribution in [0.5, 0.6) is 0 Å². The van der Waals surface area contributed by atoms with Crippen molar-refractivity contribution in [3.63, 3.8) is 0 Å². The number of aryl methyl sites for hydroxylation is 1. The van der Waals surface area contributed by atoms with Crippen molar-refractivity contribution in [3.8, 4) is 0 Å². The average molecular weight is 337 g/mol. The van der Waals surface area contributed by atoms with Crippen LogP contribution in [-0.2, 0) is 23.6 Å². The minimum absolute atomic E-state index is 0.0224. The van der Waals surface area contributed by atoms with Crippen LogP contribution < -0.4 is 4.72 Å². The molecule has 0 radical (unpaired) electrons. The summed E-state index contributed by atoms with van der Waals surface area (Å²) in [7, 11) is -1.96. The lowest BCUT2D eigenvalue weighted by Crippen LogP contribution is -2.23. The van der Waals surface area contributed by atoms with Crippen LogP contribution in [-0.4, -0.2) is 29.0 Å². The van der Waals surface area contributed by atoms with Gasteiger partial charge in [0.1, 0.15) is 5.82 Å². The molecule has 0 aliphatic carbocycles. The van der Waals surface area contributed by atoms with Crippen LogP contribution in [0.3, 0.4) is 0 Å². The van der Waals surface area contributed by atoms with E-state index in [1.807, 2.05) is 13.8 Å². The minimum Gasteiger partial charge on any atom is -0.478 e. The molecular formula is C15H19N3O4S. The van der Waals surface area contributed by atoms with Gasteiger partial charge >= 0.3 is 5.97 Å². The first-order chi connectivity index (χ1) is 10.7. The van der Waals surface area contributed by atoms with E-state index in [2.05, 4.69) is 9.71 Å². The van der Waals surface area contributed by atoms with Gasteiger partial charge in [-0.25, -0.2) is 22.9 Å². The lowest BCUT2D eigenvalue weighted by atomic mass is 10.1. The number of carboxylic acid groups (broad SMARTS) is 1. The Balaban J connectivity index is 2.12. The molecular weight excluding hydrogens is 318 g/mol. The fourth-order valence-corrected chi connectivity index (χ4v) is 3.15. The van der Waals surface area contributed by atoms with Crippen LogP contribution in [0.1, 0.15) is 41.5 Å². The van der Waals surface area contributed by atoms with Crippen LogP contribution in [0.4, 0.5) is 0 Å². The Bertz CT molecular complexity index is 808. The van der Waals surface area contributed by atoms with Gasteiger partial charge in [0.15, 0.2) is 5.03 Å². The highest BCUT2D eigenvalue weighted by Crippen LogP contribution is 2.16. The van der Waals surface area contributed by atoms with Gasteiger partial charge in [-0.1, -0.05) is 26.0 Å². The molecule has 23 heavy (non-hydrogen) atoms. The molecule has 2 rings (SSSR count). The Labute approximate surface area is 135 Å². The van der Waals surface area contributed by atoms with E-state index in [4.69, 9.17) is 5.11 Å². The third-order valence-electron chi connectivity index (χ3n) is 3.35. The van der Waals surface area contributed by atoms with Crippen molar-refractivity contribution in [2.45, 2.75) is 31.3 Å². The van der Waals surface area contributed by atoms with Crippen molar-refractivity contribution >= 4 is 16.0 Å². The van der Waals surface area contributed by atoms with E-state index in [0.717, 1.165) is 0 Å². The number of benzene rings is 1. The lowest BCUT2D eigenvalue weighted by Gasteiger charge is -2.05. The van der Waals surface area contributed by atoms with E-state index in [-0.39, 0.29) is 23.1 Å². The van der Waals surface area contributed by atoms with Gasteiger partial charge in [-0.2, -0.15) is 0 Å². The molecule has 2 aromatic rings. The van der Waals surface area contributed by atoms with E-state index < -0.39 is 16.0 Å². The van der Waals surface area contributed by atoms with E-state index in [0.29, 0.717) is 11.4 Å². The molecule has 1 aromatic heterocycles. The topological polar surface area (TPSA) is 101 Å². The summed E-state index contributed by atoms with van der Waals surface area (Å²) < 4.78 is 28.7. The molecule has 2 N–H and O–H groups in total. The molecule has 8 heteroatoms. The Kier molecular flexibility index (Phi) is 4.86. The molecule has 0 aliphatic rings. The van der Waals surface area contributed by atoms with Crippen molar-refractivity contribution in [2.75, 3.05) is 0 Å². The quantitative estimate of drug-likeness (QED) is 0.836. The molecule has 7 nitrogen and oxygen atoms in total. The van der Waals surface area contributed by atoms with Gasteiger partial charge in [-0.3, -0.25) is 0 Å². The normalized spacial score (nSPS) is 11.8. The zero-order valence-corrected chi connectivity index (χ0v) is 14.0. The predicted octanol–water partition coefficient (Wildman–Crippen LogP) is 1.72. The first-order valence-corrected chi connectivity index (χ1v) is 8.54. The van der Waals surface area contributed by atoms with Crippen molar-refractivity contribution in [2.24, 2.45) is 7.05 Å². The van der Waals surface area contributed by atoms with E-state index in [1.54, 1.807) is 23.7 Å². The number of hydrogen-bond acceptors (Lipinski definition) is 4. The highest BCUT2D eigenvalue weighted by molar-refractivity contribution is 7.89. The maximum absolute atomic E-state index is 12.3. The number of rotatable bonds is 6. The van der Waals surface area contributed by atoms with Gasteiger partial charge in [0.25, 0.3) is 10.0 Å². The first kappa shape index (κ1) is 17.2. The van der Waals surface area contributed by atoms with Gasteiger partial charge in [-0.15, -0.1) is 0 Å². The molecule has 0 fully saturated rings. The third kappa shape index (κ3) is 3.96. The number of hydrogen-bond donors (Lipinski definition) is 2. The van der Waals surface area contributed by atoms with Gasteiger partial charge in [0, 0.05) is 25.7 Å². The molecule has 124 valence electrons. The number of imidazole rings is 1. The summed E-state index contributed by atoms with van der Waals surface area (Å²) in [6.07, 6.45) is 1.48. The summed E-state index contributed by atoms with van der Waals surface area (Å²) in [6, 6.07) is 6.01. The largest absolute Gasteiger partial charge is 0.478 e. The highest BCUT2D eigenvalue weighted by atomic mass is 32.2. The van der Waals surface area contributed by atoms with Crippen LogP contribution in [0.15, 0.2) is 35.5 Å². The molecule has 0 atom stereocenters. The standard InChI is InChI=1S/C15H19N3O4S/c1-10(2)14-17-13(9-18(14)3)23(21,22)16-8-11-4-6-12(7-5-11)15(19)20/h4-7,9-10,16H,8H2,1-3H3,(H,19,20). The lowest BCUT2D eigenvalue weighted by molar-refractivity contribution is 0.0697. The summed E-state index contributed by atoms with van der Waals surface area (Å²) in [5.74, 6) is -0.212. The Morgan fingerprint density at radius 1 is 1.30 bits per heavy atom. The number of carboxylic acids is 1. The summed E-state index contributed by atoms with van der Waals surface area (Å²) in [4.78, 5) is 14.9. The van der Waals surface area contributed by atoms with Gasteiger partial charge in [-0.05, 0) is 17.7 Å². The monoisotopic (exact) mass is 337 g/mol. The SMILES string of the molecule is CC(C)c1nc(S(=O)(=O)NCc2ccc(C(=O)O)cc2)cn1C. The van der Waals surface area contributed by atoms with Crippen molar-refractivity contribution in [1.82, 2.24) is 14.3 Å². The summed E-state index contributed by atoms with van der Waals surface area (Å²) in [5, 5.41) is 8.81. The maximum atomic E-state index is 12.3. The fourth-order valence-electron chi connectivity index (χ4n) is 2.14. The Morgan fingerprint density at radius 2 is 1.91 bits per heavy atom. The summed E-state index contributed by atoms with van der Waals surface area (Å²) in [5.41, 5.74) is 0.821. The fraction of sp³-hybridized carbons (Fsp3) is 0.333. The van der Waals surface area contributed by atoms with Crippen LogP contribution in [0.2, 0.25) is 0 Å². The molecule has 0 bridgehead atoms. The van der Waals surface area contributed by atoms with E-state index in [9.17, 15) is 13.2 Å². The molecule has 0 aliphatic heterocycles. The second kappa shape index (κ2) is 6.51. The Hall–Kier alpha value is -2.19. The minimum atomic E-state index is -3.72. The number of aromatic carboxylic acids is 1. The smallest absolute Gasteiger partial charge is 0.335 e. The highest BCUT2D eigenvalue weighted by Gasteiger charge is 2.20. The molecule has 0 spiro atoms. The van der Waals surface area contributed by atoms with Crippen LogP contribution in [0.25, 0.3) is 0 Å². The Morgan fingerprint density at radius 3 is 2.39 bits per heavy atom. The zero-order valence-electron chi connectivity index (χ0n) is 13.1. The van der Waals surface area contributed by atoms with E-state index >= 15 is 0 Å². The van der Waals surface area contributed by atoms with Crippen molar-refractivity contribution < 1.29 is 18.3 Å². The van der Waals surface area contributed by atoms with Crippen LogP contribution in [0, 0.1) is 0 Å². The molecule has 0 saturated carbocycles. The average Bonchev–Trinajstić information content (AvgIpc) is 2.89. The number of sulfonamides is 1.